The van der Waals surface area contributed by atoms with Crippen molar-refractivity contribution in [2.24, 2.45) is 0 Å². The second kappa shape index (κ2) is 16.9. The van der Waals surface area contributed by atoms with Gasteiger partial charge in [0.25, 0.3) is 0 Å². The Hall–Kier alpha value is -1.86. The van der Waals surface area contributed by atoms with Gasteiger partial charge in [0.1, 0.15) is 0 Å². The number of piperidine rings is 2. The van der Waals surface area contributed by atoms with E-state index in [0.29, 0.717) is 48.1 Å². The first kappa shape index (κ1) is 39.3. The zero-order valence-electron chi connectivity index (χ0n) is 31.9. The van der Waals surface area contributed by atoms with E-state index < -0.39 is 20.0 Å². The molecule has 4 saturated heterocycles. The number of hydrogen-bond donors (Lipinski definition) is 0. The van der Waals surface area contributed by atoms with Gasteiger partial charge in [-0.2, -0.15) is 8.61 Å². The van der Waals surface area contributed by atoms with Crippen molar-refractivity contribution in [3.63, 3.8) is 0 Å². The van der Waals surface area contributed by atoms with E-state index in [0.717, 1.165) is 72.4 Å². The van der Waals surface area contributed by atoms with E-state index in [4.69, 9.17) is 0 Å². The smallest absolute Gasteiger partial charge is 0.243 e. The maximum absolute atomic E-state index is 13.2. The van der Waals surface area contributed by atoms with Gasteiger partial charge in [-0.1, -0.05) is 48.2 Å². The van der Waals surface area contributed by atoms with Crippen molar-refractivity contribution in [3.05, 3.63) is 57.6 Å². The number of piperazine rings is 1. The lowest BCUT2D eigenvalue weighted by atomic mass is 10.0. The Kier molecular flexibility index (Phi) is 13.3. The Morgan fingerprint density at radius 3 is 1.20 bits per heavy atom. The Labute approximate surface area is 304 Å². The molecule has 0 N–H and O–H groups in total. The lowest BCUT2D eigenvalue weighted by molar-refractivity contribution is 0.0892. The van der Waals surface area contributed by atoms with E-state index in [9.17, 15) is 16.8 Å². The van der Waals surface area contributed by atoms with E-state index in [-0.39, 0.29) is 0 Å². The lowest BCUT2D eigenvalue weighted by Gasteiger charge is -2.41. The number of aryl methyl sites for hydroxylation is 6. The molecule has 4 heterocycles. The monoisotopic (exact) mass is 729 g/mol. The summed E-state index contributed by atoms with van der Waals surface area (Å²) in [6.45, 7) is 20.5. The summed E-state index contributed by atoms with van der Waals surface area (Å²) in [6, 6.07) is 9.06. The van der Waals surface area contributed by atoms with Crippen LogP contribution >= 0.6 is 0 Å². The Bertz CT molecular complexity index is 1620. The summed E-state index contributed by atoms with van der Waals surface area (Å²) in [5.41, 5.74) is 5.68. The molecular weight excluding hydrogens is 667 g/mol. The third-order valence-corrected chi connectivity index (χ3v) is 15.9. The van der Waals surface area contributed by atoms with E-state index in [1.165, 1.54) is 51.6 Å². The molecule has 50 heavy (non-hydrogen) atoms. The van der Waals surface area contributed by atoms with Gasteiger partial charge in [0.15, 0.2) is 0 Å². The molecule has 4 fully saturated rings. The van der Waals surface area contributed by atoms with Crippen molar-refractivity contribution in [2.75, 3.05) is 72.5 Å². The predicted octanol–water partition coefficient (Wildman–Crippen LogP) is 5.65. The molecule has 0 saturated carbocycles. The first-order chi connectivity index (χ1) is 23.7. The Morgan fingerprint density at radius 1 is 0.460 bits per heavy atom. The Morgan fingerprint density at radius 2 is 0.800 bits per heavy atom. The second-order valence-corrected chi connectivity index (χ2v) is 19.3. The normalized spacial score (nSPS) is 22.2. The quantitative estimate of drug-likeness (QED) is 0.380. The molecule has 6 rings (SSSR count). The minimum Gasteiger partial charge on any atom is -0.306 e. The molecule has 4 aliphatic rings. The molecule has 11 heteroatoms. The van der Waals surface area contributed by atoms with Crippen LogP contribution in [0, 0.1) is 41.5 Å². The summed E-state index contributed by atoms with van der Waals surface area (Å²) in [6.07, 6.45) is 9.58. The summed E-state index contributed by atoms with van der Waals surface area (Å²) >= 11 is 0. The first-order valence-corrected chi connectivity index (χ1v) is 21.9. The summed E-state index contributed by atoms with van der Waals surface area (Å²) < 4.78 is 56.1. The fraction of sp³-hybridized carbons (Fsp3) is 0.692. The standard InChI is InChI=1S/C20H32N2O2S.C19H31N3O2S/c1-16-14-17(2)20(18(3)15-16)25(23,24)22-12-8-19(9-13-22)21-10-6-4-5-7-11-21;1-15-13-16(2)19(17(3)14-15)25(23,24)22-11-9-21(10-12-22)18-5-7-20(4)8-6-18/h14-15,19H,4-13H2,1-3H3;13-14,18H,5-12H2,1-4H3. The van der Waals surface area contributed by atoms with Crippen LogP contribution in [0.25, 0.3) is 0 Å². The Balaban J connectivity index is 0.000000194. The van der Waals surface area contributed by atoms with Gasteiger partial charge >= 0.3 is 0 Å². The van der Waals surface area contributed by atoms with Gasteiger partial charge in [0.2, 0.25) is 20.0 Å². The molecule has 2 aromatic carbocycles. The van der Waals surface area contributed by atoms with Crippen LogP contribution in [-0.2, 0) is 20.0 Å². The highest BCUT2D eigenvalue weighted by Gasteiger charge is 2.35. The molecule has 0 radical (unpaired) electrons. The van der Waals surface area contributed by atoms with Gasteiger partial charge in [-0.3, -0.25) is 4.90 Å². The van der Waals surface area contributed by atoms with Crippen molar-refractivity contribution in [1.82, 2.24) is 23.3 Å². The van der Waals surface area contributed by atoms with Crippen LogP contribution in [0.2, 0.25) is 0 Å². The van der Waals surface area contributed by atoms with Gasteiger partial charge in [0.05, 0.1) is 9.79 Å². The van der Waals surface area contributed by atoms with Crippen molar-refractivity contribution >= 4 is 20.0 Å². The number of hydrogen-bond acceptors (Lipinski definition) is 7. The van der Waals surface area contributed by atoms with Gasteiger partial charge in [-0.05, 0) is 136 Å². The molecule has 0 atom stereocenters. The summed E-state index contributed by atoms with van der Waals surface area (Å²) in [5.74, 6) is 0. The lowest BCUT2D eigenvalue weighted by Crippen LogP contribution is -2.54. The number of sulfonamides is 2. The summed E-state index contributed by atoms with van der Waals surface area (Å²) in [7, 11) is -4.62. The highest BCUT2D eigenvalue weighted by Crippen LogP contribution is 2.30. The molecule has 0 aliphatic carbocycles. The molecule has 0 aromatic heterocycles. The molecule has 2 aromatic rings. The molecule has 0 amide bonds. The van der Waals surface area contributed by atoms with Crippen molar-refractivity contribution < 1.29 is 16.8 Å². The van der Waals surface area contributed by atoms with Crippen LogP contribution in [0.4, 0.5) is 0 Å². The average molecular weight is 730 g/mol. The molecule has 280 valence electrons. The van der Waals surface area contributed by atoms with Gasteiger partial charge < -0.3 is 9.80 Å². The molecule has 4 aliphatic heterocycles. The average Bonchev–Trinajstić information content (AvgIpc) is 3.34. The van der Waals surface area contributed by atoms with Crippen LogP contribution < -0.4 is 0 Å². The third kappa shape index (κ3) is 9.19. The molecule has 0 spiro atoms. The highest BCUT2D eigenvalue weighted by atomic mass is 32.2. The highest BCUT2D eigenvalue weighted by molar-refractivity contribution is 7.89. The number of likely N-dealkylation sites (tertiary alicyclic amines) is 2. The van der Waals surface area contributed by atoms with Crippen LogP contribution in [0.3, 0.4) is 0 Å². The largest absolute Gasteiger partial charge is 0.306 e. The zero-order valence-corrected chi connectivity index (χ0v) is 33.5. The fourth-order valence-corrected chi connectivity index (χ4v) is 12.7. The predicted molar refractivity (Wildman–Crippen MR) is 204 cm³/mol. The number of benzene rings is 2. The van der Waals surface area contributed by atoms with E-state index in [1.54, 1.807) is 8.61 Å². The topological polar surface area (TPSA) is 84.5 Å². The van der Waals surface area contributed by atoms with E-state index in [1.807, 2.05) is 65.8 Å². The van der Waals surface area contributed by atoms with Crippen LogP contribution in [-0.4, -0.2) is 125 Å². The molecule has 0 bridgehead atoms. The third-order valence-electron chi connectivity index (χ3n) is 11.5. The first-order valence-electron chi connectivity index (χ1n) is 19.0. The minimum absolute atomic E-state index is 0.505. The molecule has 9 nitrogen and oxygen atoms in total. The summed E-state index contributed by atoms with van der Waals surface area (Å²) in [4.78, 5) is 8.50. The zero-order chi connectivity index (χ0) is 36.2. The number of rotatable bonds is 6. The van der Waals surface area contributed by atoms with Gasteiger partial charge in [-0.15, -0.1) is 0 Å². The molecule has 0 unspecified atom stereocenters. The van der Waals surface area contributed by atoms with Crippen molar-refractivity contribution in [3.8, 4) is 0 Å². The number of nitrogens with zero attached hydrogens (tertiary/aromatic N) is 5. The minimum atomic E-state index is -3.40. The van der Waals surface area contributed by atoms with Gasteiger partial charge in [-0.25, -0.2) is 16.8 Å². The SMILES string of the molecule is Cc1cc(C)c(S(=O)(=O)N2CCC(N3CCCCCC3)CC2)c(C)c1.Cc1cc(C)c(S(=O)(=O)N2CCN(C3CCN(C)CC3)CC2)c(C)c1. The maximum Gasteiger partial charge on any atom is 0.243 e. The van der Waals surface area contributed by atoms with Crippen molar-refractivity contribution in [2.45, 2.75) is 115 Å². The van der Waals surface area contributed by atoms with E-state index >= 15 is 0 Å². The fourth-order valence-electron chi connectivity index (χ4n) is 8.98. The van der Waals surface area contributed by atoms with Gasteiger partial charge in [0, 0.05) is 51.4 Å². The van der Waals surface area contributed by atoms with Crippen LogP contribution in [0.15, 0.2) is 34.1 Å². The van der Waals surface area contributed by atoms with Crippen LogP contribution in [0.1, 0.15) is 84.7 Å². The van der Waals surface area contributed by atoms with E-state index in [2.05, 4.69) is 21.7 Å². The van der Waals surface area contributed by atoms with Crippen molar-refractivity contribution in [1.29, 1.82) is 0 Å². The second-order valence-electron chi connectivity index (χ2n) is 15.5. The molecular formula is C39H63N5O4S2. The summed E-state index contributed by atoms with van der Waals surface area (Å²) in [5, 5.41) is 0. The maximum atomic E-state index is 13.2. The van der Waals surface area contributed by atoms with Crippen LogP contribution in [0.5, 0.6) is 0 Å².